The lowest BCUT2D eigenvalue weighted by Crippen LogP contribution is -2.40. The van der Waals surface area contributed by atoms with Crippen LogP contribution in [0.5, 0.6) is 11.5 Å². The first kappa shape index (κ1) is 31.1. The molecule has 0 spiro atoms. The monoisotopic (exact) mass is 626 g/mol. The molecule has 3 aromatic carbocycles. The number of H-pyrrole nitrogens is 1. The third-order valence-corrected chi connectivity index (χ3v) is 8.25. The molecule has 1 fully saturated rings. The van der Waals surface area contributed by atoms with Gasteiger partial charge in [-0.05, 0) is 53.1 Å². The van der Waals surface area contributed by atoms with Crippen molar-refractivity contribution < 1.29 is 33.2 Å². The summed E-state index contributed by atoms with van der Waals surface area (Å²) in [6, 6.07) is 28.1. The molecule has 11 nitrogen and oxygen atoms in total. The van der Waals surface area contributed by atoms with Crippen LogP contribution in [0.4, 0.5) is 0 Å². The van der Waals surface area contributed by atoms with Gasteiger partial charge in [-0.15, -0.1) is 0 Å². The number of hydrogen-bond acceptors (Lipinski definition) is 9. The molecule has 1 unspecified atom stereocenters. The van der Waals surface area contributed by atoms with E-state index >= 15 is 0 Å². The topological polar surface area (TPSA) is 134 Å². The summed E-state index contributed by atoms with van der Waals surface area (Å²) in [6.45, 7) is -0.104. The van der Waals surface area contributed by atoms with Gasteiger partial charge in [0.25, 0.3) is 5.56 Å². The smallest absolute Gasteiger partial charge is 0.330 e. The van der Waals surface area contributed by atoms with Gasteiger partial charge in [-0.2, -0.15) is 0 Å². The van der Waals surface area contributed by atoms with E-state index in [-0.39, 0.29) is 17.9 Å². The van der Waals surface area contributed by atoms with Crippen LogP contribution in [0.1, 0.15) is 22.9 Å². The van der Waals surface area contributed by atoms with Crippen molar-refractivity contribution in [3.05, 3.63) is 141 Å². The molecular weight excluding hydrogens is 592 g/mol. The fourth-order valence-electron chi connectivity index (χ4n) is 5.90. The SMILES string of the molecule is COc1ccc(C(OC[C@H]2O[C@@H](n3cc(-c4ccco4)c(=O)[nH]c3=O)C(OC)[C@H]2O)(c2ccccc2)c2ccc(OC)cc2)cc1. The third kappa shape index (κ3) is 5.65. The van der Waals surface area contributed by atoms with Crippen molar-refractivity contribution in [2.24, 2.45) is 0 Å². The summed E-state index contributed by atoms with van der Waals surface area (Å²) in [5, 5.41) is 11.5. The predicted octanol–water partition coefficient (Wildman–Crippen LogP) is 4.10. The Morgan fingerprint density at radius 2 is 1.43 bits per heavy atom. The van der Waals surface area contributed by atoms with Crippen molar-refractivity contribution in [2.75, 3.05) is 27.9 Å². The van der Waals surface area contributed by atoms with Gasteiger partial charge >= 0.3 is 5.69 Å². The lowest BCUT2D eigenvalue weighted by atomic mass is 9.80. The Kier molecular flexibility index (Phi) is 8.91. The number of ether oxygens (including phenoxy) is 5. The molecule has 11 heteroatoms. The molecule has 4 atom stereocenters. The second kappa shape index (κ2) is 13.2. The first-order valence-corrected chi connectivity index (χ1v) is 14.6. The molecule has 0 bridgehead atoms. The number of hydrogen-bond donors (Lipinski definition) is 2. The van der Waals surface area contributed by atoms with E-state index in [1.54, 1.807) is 26.4 Å². The molecule has 0 radical (unpaired) electrons. The molecule has 5 aromatic rings. The molecule has 1 aliphatic rings. The molecular formula is C35H34N2O9. The first-order chi connectivity index (χ1) is 22.4. The Morgan fingerprint density at radius 1 is 0.826 bits per heavy atom. The zero-order valence-corrected chi connectivity index (χ0v) is 25.5. The van der Waals surface area contributed by atoms with Gasteiger partial charge in [0.15, 0.2) is 6.23 Å². The Hall–Kier alpha value is -4.94. The van der Waals surface area contributed by atoms with Crippen LogP contribution in [-0.4, -0.2) is 60.9 Å². The lowest BCUT2D eigenvalue weighted by Gasteiger charge is -2.37. The van der Waals surface area contributed by atoms with Crippen LogP contribution in [0, 0.1) is 0 Å². The average molecular weight is 627 g/mol. The summed E-state index contributed by atoms with van der Waals surface area (Å²) in [6.07, 6.45) is -1.40. The molecule has 0 amide bonds. The fourth-order valence-corrected chi connectivity index (χ4v) is 5.90. The minimum atomic E-state index is -1.19. The molecule has 2 N–H and O–H groups in total. The average Bonchev–Trinajstić information content (AvgIpc) is 3.74. The van der Waals surface area contributed by atoms with Gasteiger partial charge in [-0.25, -0.2) is 4.79 Å². The zero-order valence-electron chi connectivity index (χ0n) is 25.5. The standard InChI is InChI=1S/C35H34N2O9/c1-41-25-15-11-23(12-16-25)35(22-8-5-4-6-9-22,24-13-17-26(42-2)18-14-24)45-21-29-30(38)31(43-3)33(46-29)37-20-27(28-10-7-19-44-28)32(39)36-34(37)40/h4-20,29-31,33,38H,21H2,1-3H3,(H,36,39,40)/t29-,30+,31?,33-/m1/s1. The first-order valence-electron chi connectivity index (χ1n) is 14.6. The van der Waals surface area contributed by atoms with Gasteiger partial charge in [0.2, 0.25) is 0 Å². The number of aromatic nitrogens is 2. The minimum absolute atomic E-state index is 0.104. The van der Waals surface area contributed by atoms with Crippen LogP contribution >= 0.6 is 0 Å². The van der Waals surface area contributed by atoms with Crippen LogP contribution < -0.4 is 20.7 Å². The fraction of sp³-hybridized carbons (Fsp3) is 0.257. The number of nitrogens with zero attached hydrogens (tertiary/aromatic N) is 1. The number of furan rings is 1. The number of aliphatic hydroxyl groups excluding tert-OH is 1. The third-order valence-electron chi connectivity index (χ3n) is 8.25. The molecule has 238 valence electrons. The van der Waals surface area contributed by atoms with E-state index in [9.17, 15) is 14.7 Å². The van der Waals surface area contributed by atoms with Crippen LogP contribution in [0.2, 0.25) is 0 Å². The van der Waals surface area contributed by atoms with Crippen molar-refractivity contribution in [1.29, 1.82) is 0 Å². The maximum absolute atomic E-state index is 13.0. The quantitative estimate of drug-likeness (QED) is 0.208. The van der Waals surface area contributed by atoms with Gasteiger partial charge in [-0.1, -0.05) is 54.6 Å². The zero-order chi connectivity index (χ0) is 32.3. The molecule has 1 aliphatic heterocycles. The number of rotatable bonds is 11. The summed E-state index contributed by atoms with van der Waals surface area (Å²) in [4.78, 5) is 27.9. The summed E-state index contributed by atoms with van der Waals surface area (Å²) in [7, 11) is 4.62. The molecule has 0 aliphatic carbocycles. The predicted molar refractivity (Wildman–Crippen MR) is 168 cm³/mol. The van der Waals surface area contributed by atoms with Gasteiger partial charge in [0.1, 0.15) is 41.2 Å². The highest BCUT2D eigenvalue weighted by Gasteiger charge is 2.48. The Balaban J connectivity index is 1.40. The van der Waals surface area contributed by atoms with Crippen LogP contribution in [-0.2, 0) is 19.8 Å². The number of aromatic amines is 1. The molecule has 46 heavy (non-hydrogen) atoms. The van der Waals surface area contributed by atoms with E-state index < -0.39 is 41.4 Å². The van der Waals surface area contributed by atoms with Gasteiger partial charge in [-0.3, -0.25) is 14.3 Å². The highest BCUT2D eigenvalue weighted by molar-refractivity contribution is 5.54. The normalized spacial score (nSPS) is 19.7. The van der Waals surface area contributed by atoms with Gasteiger partial charge < -0.3 is 33.2 Å². The van der Waals surface area contributed by atoms with Crippen molar-refractivity contribution in [1.82, 2.24) is 9.55 Å². The van der Waals surface area contributed by atoms with Crippen molar-refractivity contribution in [3.63, 3.8) is 0 Å². The Morgan fingerprint density at radius 3 is 1.98 bits per heavy atom. The number of benzene rings is 3. The van der Waals surface area contributed by atoms with E-state index in [1.807, 2.05) is 78.9 Å². The van der Waals surface area contributed by atoms with Crippen molar-refractivity contribution >= 4 is 0 Å². The van der Waals surface area contributed by atoms with E-state index in [4.69, 9.17) is 28.1 Å². The molecule has 0 saturated carbocycles. The van der Waals surface area contributed by atoms with Crippen LogP contribution in [0.25, 0.3) is 11.3 Å². The Labute approximate surface area is 264 Å². The summed E-state index contributed by atoms with van der Waals surface area (Å²) in [5.74, 6) is 1.64. The van der Waals surface area contributed by atoms with E-state index in [0.717, 1.165) is 16.7 Å². The van der Waals surface area contributed by atoms with Crippen LogP contribution in [0.15, 0.2) is 117 Å². The van der Waals surface area contributed by atoms with Crippen molar-refractivity contribution in [2.45, 2.75) is 30.1 Å². The van der Waals surface area contributed by atoms with Gasteiger partial charge in [0.05, 0.1) is 32.7 Å². The van der Waals surface area contributed by atoms with E-state index in [2.05, 4.69) is 4.98 Å². The van der Waals surface area contributed by atoms with Crippen LogP contribution in [0.3, 0.4) is 0 Å². The van der Waals surface area contributed by atoms with E-state index in [0.29, 0.717) is 11.5 Å². The molecule has 3 heterocycles. The highest BCUT2D eigenvalue weighted by atomic mass is 16.6. The number of nitrogens with one attached hydrogen (secondary N) is 1. The molecule has 1 saturated heterocycles. The second-order valence-electron chi connectivity index (χ2n) is 10.8. The summed E-state index contributed by atoms with van der Waals surface area (Å²) < 4.78 is 36.3. The lowest BCUT2D eigenvalue weighted by molar-refractivity contribution is -0.0966. The largest absolute Gasteiger partial charge is 0.497 e. The molecule has 2 aromatic heterocycles. The highest BCUT2D eigenvalue weighted by Crippen LogP contribution is 2.43. The van der Waals surface area contributed by atoms with Gasteiger partial charge in [0, 0.05) is 13.3 Å². The summed E-state index contributed by atoms with van der Waals surface area (Å²) >= 11 is 0. The second-order valence-corrected chi connectivity index (χ2v) is 10.8. The van der Waals surface area contributed by atoms with Crippen molar-refractivity contribution in [3.8, 4) is 22.8 Å². The maximum Gasteiger partial charge on any atom is 0.330 e. The number of methoxy groups -OCH3 is 3. The van der Waals surface area contributed by atoms with E-state index in [1.165, 1.54) is 24.1 Å². The number of aliphatic hydroxyl groups is 1. The summed E-state index contributed by atoms with van der Waals surface area (Å²) in [5.41, 5.74) is 0.0578. The Bertz CT molecular complexity index is 1800. The molecule has 6 rings (SSSR count). The maximum atomic E-state index is 13.0. The minimum Gasteiger partial charge on any atom is -0.497 e.